The summed E-state index contributed by atoms with van der Waals surface area (Å²) in [6.45, 7) is 1.87. The number of anilines is 1. The number of aliphatic hydroxyl groups excluding tert-OH is 1. The van der Waals surface area contributed by atoms with Crippen LogP contribution in [0, 0.1) is 6.92 Å². The van der Waals surface area contributed by atoms with Gasteiger partial charge in [-0.05, 0) is 60.5 Å². The van der Waals surface area contributed by atoms with E-state index in [1.54, 1.807) is 74.7 Å². The summed E-state index contributed by atoms with van der Waals surface area (Å²) in [5.41, 5.74) is 2.17. The van der Waals surface area contributed by atoms with Crippen LogP contribution in [-0.2, 0) is 9.59 Å². The maximum atomic E-state index is 13.3. The minimum absolute atomic E-state index is 0.0155. The minimum Gasteiger partial charge on any atom is -0.507 e. The molecule has 34 heavy (non-hydrogen) atoms. The van der Waals surface area contributed by atoms with Crippen molar-refractivity contribution in [1.82, 2.24) is 0 Å². The molecule has 2 heterocycles. The first kappa shape index (κ1) is 21.9. The van der Waals surface area contributed by atoms with E-state index in [1.807, 2.05) is 0 Å². The van der Waals surface area contributed by atoms with Gasteiger partial charge in [0.15, 0.2) is 11.5 Å². The van der Waals surface area contributed by atoms with Crippen molar-refractivity contribution < 1.29 is 28.9 Å². The van der Waals surface area contributed by atoms with E-state index in [0.29, 0.717) is 44.6 Å². The van der Waals surface area contributed by atoms with Crippen LogP contribution < -0.4 is 19.1 Å². The van der Waals surface area contributed by atoms with Crippen LogP contribution in [0.2, 0.25) is 5.02 Å². The molecule has 7 nitrogen and oxygen atoms in total. The van der Waals surface area contributed by atoms with Crippen LogP contribution in [0.15, 0.2) is 66.2 Å². The maximum Gasteiger partial charge on any atom is 0.300 e. The number of rotatable bonds is 4. The highest BCUT2D eigenvalue weighted by Crippen LogP contribution is 2.45. The highest BCUT2D eigenvalue weighted by atomic mass is 35.5. The lowest BCUT2D eigenvalue weighted by atomic mass is 9.93. The maximum absolute atomic E-state index is 13.3. The molecule has 1 N–H and O–H groups in total. The lowest BCUT2D eigenvalue weighted by molar-refractivity contribution is -0.132. The number of fused-ring (bicyclic) bond motifs is 1. The van der Waals surface area contributed by atoms with Gasteiger partial charge >= 0.3 is 0 Å². The van der Waals surface area contributed by atoms with Gasteiger partial charge in [0.25, 0.3) is 11.7 Å². The summed E-state index contributed by atoms with van der Waals surface area (Å²) in [5.74, 6) is -0.167. The Morgan fingerprint density at radius 3 is 2.47 bits per heavy atom. The zero-order valence-electron chi connectivity index (χ0n) is 18.4. The molecule has 1 amide bonds. The zero-order chi connectivity index (χ0) is 24.0. The number of Topliss-reactive ketones (excluding diaryl/α,β-unsaturated/α-hetero) is 1. The van der Waals surface area contributed by atoms with Crippen molar-refractivity contribution in [2.24, 2.45) is 0 Å². The van der Waals surface area contributed by atoms with Crippen LogP contribution in [0.5, 0.6) is 17.2 Å². The highest BCUT2D eigenvalue weighted by Gasteiger charge is 2.47. The molecule has 8 heteroatoms. The molecular formula is C26H20ClNO6. The molecule has 0 aliphatic carbocycles. The number of hydrogen-bond donors (Lipinski definition) is 1. The van der Waals surface area contributed by atoms with Crippen molar-refractivity contribution in [3.05, 3.63) is 87.9 Å². The molecule has 2 aliphatic rings. The van der Waals surface area contributed by atoms with E-state index in [2.05, 4.69) is 0 Å². The van der Waals surface area contributed by atoms with Gasteiger partial charge in [-0.3, -0.25) is 14.5 Å². The SMILES string of the molecule is COc1ccc(/C(O)=C2\C(=O)C(=O)N(c3ccc4c(c3)OCO4)C2c2ccc(Cl)cc2)c(C)c1. The Morgan fingerprint density at radius 1 is 1.03 bits per heavy atom. The molecule has 3 aromatic rings. The van der Waals surface area contributed by atoms with E-state index in [4.69, 9.17) is 25.8 Å². The van der Waals surface area contributed by atoms with Crippen molar-refractivity contribution in [2.75, 3.05) is 18.8 Å². The molecule has 172 valence electrons. The molecule has 1 unspecified atom stereocenters. The number of carbonyl (C=O) groups is 2. The lowest BCUT2D eigenvalue weighted by Gasteiger charge is -2.25. The zero-order valence-corrected chi connectivity index (χ0v) is 19.1. The fourth-order valence-corrected chi connectivity index (χ4v) is 4.39. The number of nitrogens with zero attached hydrogens (tertiary/aromatic N) is 1. The van der Waals surface area contributed by atoms with Gasteiger partial charge in [-0.15, -0.1) is 0 Å². The highest BCUT2D eigenvalue weighted by molar-refractivity contribution is 6.51. The van der Waals surface area contributed by atoms with E-state index in [0.717, 1.165) is 0 Å². The third-order valence-corrected chi connectivity index (χ3v) is 6.21. The average molecular weight is 478 g/mol. The Hall–Kier alpha value is -3.97. The second kappa shape index (κ2) is 8.43. The molecule has 0 aromatic heterocycles. The summed E-state index contributed by atoms with van der Waals surface area (Å²) in [7, 11) is 1.55. The smallest absolute Gasteiger partial charge is 0.300 e. The van der Waals surface area contributed by atoms with Gasteiger partial charge in [0.2, 0.25) is 6.79 Å². The minimum atomic E-state index is -0.876. The average Bonchev–Trinajstić information content (AvgIpc) is 3.41. The predicted octanol–water partition coefficient (Wildman–Crippen LogP) is 5.01. The summed E-state index contributed by atoms with van der Waals surface area (Å²) >= 11 is 6.09. The lowest BCUT2D eigenvalue weighted by Crippen LogP contribution is -2.29. The quantitative estimate of drug-likeness (QED) is 0.323. The number of hydrogen-bond acceptors (Lipinski definition) is 6. The molecule has 1 fully saturated rings. The van der Waals surface area contributed by atoms with E-state index in [1.165, 1.54) is 4.90 Å². The number of ether oxygens (including phenoxy) is 3. The molecule has 3 aromatic carbocycles. The van der Waals surface area contributed by atoms with E-state index in [9.17, 15) is 14.7 Å². The van der Waals surface area contributed by atoms with Crippen LogP contribution in [0.25, 0.3) is 5.76 Å². The van der Waals surface area contributed by atoms with Crippen LogP contribution in [0.3, 0.4) is 0 Å². The first-order valence-corrected chi connectivity index (χ1v) is 10.9. The summed E-state index contributed by atoms with van der Waals surface area (Å²) in [6, 6.07) is 16.0. The number of aliphatic hydroxyl groups is 1. The standard InChI is InChI=1S/C26H20ClNO6/c1-14-11-18(32-2)8-9-19(14)24(29)22-23(15-3-5-16(27)6-4-15)28(26(31)25(22)30)17-7-10-20-21(12-17)34-13-33-20/h3-12,23,29H,13H2,1-2H3/b24-22+. The second-order valence-electron chi connectivity index (χ2n) is 7.94. The third kappa shape index (κ3) is 3.54. The molecular weight excluding hydrogens is 458 g/mol. The van der Waals surface area contributed by atoms with Gasteiger partial charge in [-0.1, -0.05) is 23.7 Å². The molecule has 0 radical (unpaired) electrons. The Balaban J connectivity index is 1.70. The summed E-state index contributed by atoms with van der Waals surface area (Å²) in [6.07, 6.45) is 0. The Morgan fingerprint density at radius 2 is 1.76 bits per heavy atom. The molecule has 0 bridgehead atoms. The van der Waals surface area contributed by atoms with Gasteiger partial charge in [0.1, 0.15) is 11.5 Å². The monoisotopic (exact) mass is 477 g/mol. The van der Waals surface area contributed by atoms with Crippen LogP contribution >= 0.6 is 11.6 Å². The van der Waals surface area contributed by atoms with E-state index >= 15 is 0 Å². The largest absolute Gasteiger partial charge is 0.507 e. The molecule has 0 saturated carbocycles. The topological polar surface area (TPSA) is 85.3 Å². The molecule has 2 aliphatic heterocycles. The van der Waals surface area contributed by atoms with E-state index < -0.39 is 17.7 Å². The number of benzene rings is 3. The Bertz CT molecular complexity index is 1350. The number of methoxy groups -OCH3 is 1. The van der Waals surface area contributed by atoms with Gasteiger partial charge < -0.3 is 19.3 Å². The number of halogens is 1. The molecule has 1 saturated heterocycles. The number of aryl methyl sites for hydroxylation is 1. The van der Waals surface area contributed by atoms with Crippen molar-refractivity contribution in [3.8, 4) is 17.2 Å². The van der Waals surface area contributed by atoms with Gasteiger partial charge in [0.05, 0.1) is 18.7 Å². The number of ketones is 1. The van der Waals surface area contributed by atoms with Gasteiger partial charge in [0, 0.05) is 22.3 Å². The van der Waals surface area contributed by atoms with Gasteiger partial charge in [-0.2, -0.15) is 0 Å². The first-order valence-electron chi connectivity index (χ1n) is 10.5. The van der Waals surface area contributed by atoms with E-state index in [-0.39, 0.29) is 18.1 Å². The second-order valence-corrected chi connectivity index (χ2v) is 8.38. The Kier molecular flexibility index (Phi) is 5.42. The van der Waals surface area contributed by atoms with Crippen LogP contribution in [-0.4, -0.2) is 30.7 Å². The third-order valence-electron chi connectivity index (χ3n) is 5.95. The van der Waals surface area contributed by atoms with Crippen LogP contribution in [0.1, 0.15) is 22.7 Å². The first-order chi connectivity index (χ1) is 16.4. The molecule has 1 atom stereocenters. The summed E-state index contributed by atoms with van der Waals surface area (Å²) in [5, 5.41) is 11.8. The van der Waals surface area contributed by atoms with Crippen molar-refractivity contribution >= 4 is 34.7 Å². The Labute approximate surface area is 200 Å². The fourth-order valence-electron chi connectivity index (χ4n) is 4.27. The summed E-state index contributed by atoms with van der Waals surface area (Å²) in [4.78, 5) is 28.0. The molecule has 0 spiro atoms. The van der Waals surface area contributed by atoms with Crippen molar-refractivity contribution in [2.45, 2.75) is 13.0 Å². The molecule has 5 rings (SSSR count). The van der Waals surface area contributed by atoms with Crippen molar-refractivity contribution in [3.63, 3.8) is 0 Å². The van der Waals surface area contributed by atoms with Crippen molar-refractivity contribution in [1.29, 1.82) is 0 Å². The number of carbonyl (C=O) groups excluding carboxylic acids is 2. The number of amides is 1. The normalized spacial score (nSPS) is 18.4. The summed E-state index contributed by atoms with van der Waals surface area (Å²) < 4.78 is 16.1. The fraction of sp³-hybridized carbons (Fsp3) is 0.154. The predicted molar refractivity (Wildman–Crippen MR) is 127 cm³/mol. The van der Waals surface area contributed by atoms with Gasteiger partial charge in [-0.25, -0.2) is 0 Å². The van der Waals surface area contributed by atoms with Crippen LogP contribution in [0.4, 0.5) is 5.69 Å².